The second-order valence-electron chi connectivity index (χ2n) is 8.98. The lowest BCUT2D eigenvalue weighted by molar-refractivity contribution is -0.116. The highest BCUT2D eigenvalue weighted by atomic mass is 19.1. The van der Waals surface area contributed by atoms with Gasteiger partial charge in [-0.15, -0.1) is 0 Å². The molecule has 188 valence electrons. The van der Waals surface area contributed by atoms with E-state index in [9.17, 15) is 14.0 Å². The van der Waals surface area contributed by atoms with E-state index < -0.39 is 5.82 Å². The van der Waals surface area contributed by atoms with E-state index in [2.05, 4.69) is 17.2 Å². The van der Waals surface area contributed by atoms with Gasteiger partial charge >= 0.3 is 0 Å². The van der Waals surface area contributed by atoms with Gasteiger partial charge in [0.05, 0.1) is 28.9 Å². The largest absolute Gasteiger partial charge is 0.399 e. The third-order valence-corrected chi connectivity index (χ3v) is 6.56. The zero-order valence-corrected chi connectivity index (χ0v) is 20.6. The van der Waals surface area contributed by atoms with Crippen LogP contribution in [0.4, 0.5) is 10.2 Å². The Labute approximate surface area is 212 Å². The van der Waals surface area contributed by atoms with Gasteiger partial charge in [0.2, 0.25) is 5.91 Å². The number of nitrogens with one attached hydrogen (secondary N) is 2. The lowest BCUT2D eigenvalue weighted by Crippen LogP contribution is -2.25. The van der Waals surface area contributed by atoms with Crippen LogP contribution in [0.2, 0.25) is 0 Å². The summed E-state index contributed by atoms with van der Waals surface area (Å²) in [6.45, 7) is 6.45. The molecule has 0 spiro atoms. The maximum absolute atomic E-state index is 15.0. The van der Waals surface area contributed by atoms with Crippen molar-refractivity contribution >= 4 is 34.3 Å². The minimum atomic E-state index is -0.512. The number of amides is 1. The number of pyridine rings is 1. The molecule has 5 rings (SSSR count). The van der Waals surface area contributed by atoms with Crippen LogP contribution in [0, 0.1) is 12.7 Å². The van der Waals surface area contributed by atoms with E-state index in [1.807, 2.05) is 31.2 Å². The molecule has 0 unspecified atom stereocenters. The quantitative estimate of drug-likeness (QED) is 0.353. The molecule has 4 N–H and O–H groups in total. The lowest BCUT2D eigenvalue weighted by atomic mass is 10.1. The fraction of sp³-hybridized carbons (Fsp3) is 0.179. The lowest BCUT2D eigenvalue weighted by Gasteiger charge is -2.17. The van der Waals surface area contributed by atoms with Gasteiger partial charge in [0.15, 0.2) is 0 Å². The fourth-order valence-electron chi connectivity index (χ4n) is 4.86. The number of benzene rings is 2. The SMILES string of the molecule is C=C(N)c1c(/C=C2/CCNC2=O)nn(Cc2cc3cccc(C)c3c(=O)n2-c2ccccc2F)c1NC. The number of carbonyl (C=O) groups is 1. The van der Waals surface area contributed by atoms with E-state index >= 15 is 0 Å². The van der Waals surface area contributed by atoms with E-state index in [0.29, 0.717) is 46.7 Å². The van der Waals surface area contributed by atoms with E-state index in [1.165, 1.54) is 10.6 Å². The van der Waals surface area contributed by atoms with Crippen molar-refractivity contribution < 1.29 is 9.18 Å². The molecule has 1 aliphatic heterocycles. The van der Waals surface area contributed by atoms with Crippen LogP contribution in [0.25, 0.3) is 28.2 Å². The molecule has 0 saturated carbocycles. The van der Waals surface area contributed by atoms with Gasteiger partial charge in [0.1, 0.15) is 11.6 Å². The molecule has 1 amide bonds. The highest BCUT2D eigenvalue weighted by Gasteiger charge is 2.23. The second kappa shape index (κ2) is 9.42. The molecule has 37 heavy (non-hydrogen) atoms. The van der Waals surface area contributed by atoms with Gasteiger partial charge in [-0.25, -0.2) is 9.07 Å². The number of para-hydroxylation sites is 1. The van der Waals surface area contributed by atoms with Gasteiger partial charge in [0.25, 0.3) is 5.56 Å². The monoisotopic (exact) mass is 498 g/mol. The van der Waals surface area contributed by atoms with Gasteiger partial charge in [-0.3, -0.25) is 14.2 Å². The summed E-state index contributed by atoms with van der Waals surface area (Å²) in [4.78, 5) is 26.0. The minimum absolute atomic E-state index is 0.124. The van der Waals surface area contributed by atoms with Gasteiger partial charge in [-0.05, 0) is 48.6 Å². The maximum Gasteiger partial charge on any atom is 0.263 e. The molecule has 2 aromatic heterocycles. The zero-order valence-electron chi connectivity index (χ0n) is 20.6. The Morgan fingerprint density at radius 3 is 2.70 bits per heavy atom. The molecule has 1 fully saturated rings. The molecule has 9 heteroatoms. The van der Waals surface area contributed by atoms with Gasteiger partial charge in [-0.2, -0.15) is 5.10 Å². The first-order valence-corrected chi connectivity index (χ1v) is 11.9. The predicted molar refractivity (Wildman–Crippen MR) is 144 cm³/mol. The summed E-state index contributed by atoms with van der Waals surface area (Å²) in [7, 11) is 1.73. The average molecular weight is 499 g/mol. The number of aryl methyl sites for hydroxylation is 1. The zero-order chi connectivity index (χ0) is 26.3. The number of rotatable bonds is 6. The number of hydrogen-bond donors (Lipinski definition) is 3. The molecule has 0 radical (unpaired) electrons. The molecule has 0 aliphatic carbocycles. The molecule has 1 saturated heterocycles. The molecule has 1 aliphatic rings. The van der Waals surface area contributed by atoms with Crippen molar-refractivity contribution in [1.82, 2.24) is 19.7 Å². The summed E-state index contributed by atoms with van der Waals surface area (Å²) in [6, 6.07) is 13.7. The number of aromatic nitrogens is 3. The number of nitrogens with two attached hydrogens (primary N) is 1. The van der Waals surface area contributed by atoms with E-state index in [4.69, 9.17) is 10.8 Å². The van der Waals surface area contributed by atoms with Crippen LogP contribution in [0.5, 0.6) is 0 Å². The summed E-state index contributed by atoms with van der Waals surface area (Å²) < 4.78 is 18.0. The van der Waals surface area contributed by atoms with Crippen LogP contribution >= 0.6 is 0 Å². The van der Waals surface area contributed by atoms with Crippen LogP contribution in [-0.4, -0.2) is 33.8 Å². The third-order valence-electron chi connectivity index (χ3n) is 6.56. The van der Waals surface area contributed by atoms with Crippen molar-refractivity contribution in [1.29, 1.82) is 0 Å². The first-order chi connectivity index (χ1) is 17.8. The van der Waals surface area contributed by atoms with Crippen molar-refractivity contribution in [3.8, 4) is 5.69 Å². The van der Waals surface area contributed by atoms with Crippen molar-refractivity contribution in [2.75, 3.05) is 18.9 Å². The highest BCUT2D eigenvalue weighted by molar-refractivity contribution is 6.00. The molecule has 4 aromatic rings. The van der Waals surface area contributed by atoms with Crippen LogP contribution in [-0.2, 0) is 11.3 Å². The van der Waals surface area contributed by atoms with Crippen molar-refractivity contribution in [2.45, 2.75) is 19.9 Å². The Morgan fingerprint density at radius 2 is 2.03 bits per heavy atom. The Hall–Kier alpha value is -4.66. The molecule has 3 heterocycles. The maximum atomic E-state index is 15.0. The normalized spacial score (nSPS) is 14.4. The number of fused-ring (bicyclic) bond motifs is 1. The Kier molecular flexibility index (Phi) is 6.12. The van der Waals surface area contributed by atoms with Gasteiger partial charge in [-0.1, -0.05) is 36.9 Å². The molecule has 8 nitrogen and oxygen atoms in total. The fourth-order valence-corrected chi connectivity index (χ4v) is 4.86. The average Bonchev–Trinajstić information content (AvgIpc) is 3.42. The molecular weight excluding hydrogens is 471 g/mol. The summed E-state index contributed by atoms with van der Waals surface area (Å²) >= 11 is 0. The van der Waals surface area contributed by atoms with Gasteiger partial charge in [0, 0.05) is 30.6 Å². The summed E-state index contributed by atoms with van der Waals surface area (Å²) in [6.07, 6.45) is 2.29. The van der Waals surface area contributed by atoms with E-state index in [1.54, 1.807) is 36.0 Å². The van der Waals surface area contributed by atoms with Crippen molar-refractivity contribution in [3.05, 3.63) is 99.4 Å². The second-order valence-corrected chi connectivity index (χ2v) is 8.98. The van der Waals surface area contributed by atoms with Crippen LogP contribution in [0.15, 0.2) is 65.5 Å². The van der Waals surface area contributed by atoms with Crippen LogP contribution in [0.3, 0.4) is 0 Å². The highest BCUT2D eigenvalue weighted by Crippen LogP contribution is 2.29. The Morgan fingerprint density at radius 1 is 1.24 bits per heavy atom. The van der Waals surface area contributed by atoms with Crippen molar-refractivity contribution in [2.24, 2.45) is 5.73 Å². The Balaban J connectivity index is 1.74. The minimum Gasteiger partial charge on any atom is -0.399 e. The topological polar surface area (TPSA) is 107 Å². The van der Waals surface area contributed by atoms with E-state index in [-0.39, 0.29) is 29.4 Å². The number of nitrogens with zero attached hydrogens (tertiary/aromatic N) is 3. The number of hydrogen-bond acceptors (Lipinski definition) is 5. The van der Waals surface area contributed by atoms with E-state index in [0.717, 1.165) is 10.9 Å². The first kappa shape index (κ1) is 24.1. The first-order valence-electron chi connectivity index (χ1n) is 11.9. The van der Waals surface area contributed by atoms with Crippen LogP contribution < -0.4 is 21.9 Å². The van der Waals surface area contributed by atoms with Gasteiger partial charge < -0.3 is 16.4 Å². The number of anilines is 1. The summed E-state index contributed by atoms with van der Waals surface area (Å²) in [5, 5.41) is 11.9. The molecular formula is C28H27FN6O2. The summed E-state index contributed by atoms with van der Waals surface area (Å²) in [5.41, 5.74) is 9.23. The molecule has 0 atom stereocenters. The third kappa shape index (κ3) is 4.18. The summed E-state index contributed by atoms with van der Waals surface area (Å²) in [5.74, 6) is -0.0937. The number of carbonyl (C=O) groups excluding carboxylic acids is 1. The predicted octanol–water partition coefficient (Wildman–Crippen LogP) is 3.56. The standard InChI is InChI=1S/C28H27FN6O2/c1-16-7-6-8-18-13-20(35(28(37)24(16)18)23-10-5-4-9-21(23)29)15-34-26(31-3)25(17(2)30)22(33-34)14-19-11-12-32-27(19)36/h4-10,13-14,31H,2,11-12,15,30H2,1,3H3,(H,32,36)/b19-14-. The molecule has 0 bridgehead atoms. The number of halogens is 1. The smallest absolute Gasteiger partial charge is 0.263 e. The van der Waals surface area contributed by atoms with Crippen molar-refractivity contribution in [3.63, 3.8) is 0 Å². The van der Waals surface area contributed by atoms with Crippen LogP contribution in [0.1, 0.15) is 28.9 Å². The Bertz CT molecular complexity index is 1660. The molecule has 2 aromatic carbocycles.